The second-order valence-corrected chi connectivity index (χ2v) is 6.00. The van der Waals surface area contributed by atoms with Crippen LogP contribution in [0.25, 0.3) is 0 Å². The van der Waals surface area contributed by atoms with Crippen LogP contribution < -0.4 is 5.32 Å². The molecule has 0 unspecified atom stereocenters. The van der Waals surface area contributed by atoms with E-state index >= 15 is 0 Å². The Labute approximate surface area is 135 Å². The average molecular weight is 376 g/mol. The van der Waals surface area contributed by atoms with Gasteiger partial charge in [0.25, 0.3) is 5.91 Å². The molecule has 1 fully saturated rings. The fraction of sp³-hybridized carbons (Fsp3) is 0.500. The largest absolute Gasteiger partial charge is 0.394 e. The van der Waals surface area contributed by atoms with Gasteiger partial charge in [-0.3, -0.25) is 4.79 Å². The lowest BCUT2D eigenvalue weighted by Crippen LogP contribution is -2.60. The van der Waals surface area contributed by atoms with Gasteiger partial charge in [0.2, 0.25) is 0 Å². The molecule has 8 heteroatoms. The van der Waals surface area contributed by atoms with Crippen LogP contribution in [0.2, 0.25) is 0 Å². The maximum absolute atomic E-state index is 12.0. The second kappa shape index (κ2) is 7.49. The van der Waals surface area contributed by atoms with Crippen LogP contribution in [0, 0.1) is 0 Å². The molecule has 2 rings (SSSR count). The van der Waals surface area contributed by atoms with Gasteiger partial charge in [0.05, 0.1) is 6.61 Å². The lowest BCUT2D eigenvalue weighted by Gasteiger charge is -2.40. The van der Waals surface area contributed by atoms with Crippen molar-refractivity contribution in [2.75, 3.05) is 13.2 Å². The Balaban J connectivity index is 1.95. The first kappa shape index (κ1) is 17.3. The van der Waals surface area contributed by atoms with Crippen molar-refractivity contribution in [3.8, 4) is 0 Å². The zero-order chi connectivity index (χ0) is 16.3. The summed E-state index contributed by atoms with van der Waals surface area (Å²) in [6.45, 7) is -0.557. The summed E-state index contributed by atoms with van der Waals surface area (Å²) in [7, 11) is 0. The van der Waals surface area contributed by atoms with Crippen LogP contribution >= 0.6 is 15.9 Å². The summed E-state index contributed by atoms with van der Waals surface area (Å²) in [6, 6.07) is 6.71. The van der Waals surface area contributed by atoms with Crippen molar-refractivity contribution >= 4 is 21.8 Å². The Morgan fingerprint density at radius 1 is 1.09 bits per heavy atom. The highest BCUT2D eigenvalue weighted by atomic mass is 79.9. The van der Waals surface area contributed by atoms with Crippen LogP contribution in [0.15, 0.2) is 28.7 Å². The van der Waals surface area contributed by atoms with Crippen molar-refractivity contribution in [3.63, 3.8) is 0 Å². The number of nitrogens with one attached hydrogen (secondary N) is 1. The molecule has 5 N–H and O–H groups in total. The molecule has 1 aliphatic heterocycles. The number of hydrogen-bond acceptors (Lipinski definition) is 6. The smallest absolute Gasteiger partial charge is 0.251 e. The van der Waals surface area contributed by atoms with E-state index in [1.54, 1.807) is 24.3 Å². The highest BCUT2D eigenvalue weighted by Crippen LogP contribution is 2.20. The SMILES string of the molecule is O=C(NC[C@H]1O[C@H](CO)[C@@H](O)[C@H](O)[C@@H]1O)c1ccc(Br)cc1. The molecule has 0 aliphatic carbocycles. The van der Waals surface area contributed by atoms with Crippen molar-refractivity contribution in [1.82, 2.24) is 5.32 Å². The number of aliphatic hydroxyl groups excluding tert-OH is 4. The number of ether oxygens (including phenoxy) is 1. The Bertz CT molecular complexity index is 509. The maximum Gasteiger partial charge on any atom is 0.251 e. The van der Waals surface area contributed by atoms with E-state index in [9.17, 15) is 20.1 Å². The molecule has 5 atom stereocenters. The van der Waals surface area contributed by atoms with Gasteiger partial charge in [-0.1, -0.05) is 15.9 Å². The number of halogens is 1. The maximum atomic E-state index is 12.0. The number of aliphatic hydroxyl groups is 4. The van der Waals surface area contributed by atoms with Gasteiger partial charge in [-0.05, 0) is 24.3 Å². The van der Waals surface area contributed by atoms with E-state index in [-0.39, 0.29) is 12.5 Å². The molecule has 1 saturated heterocycles. The fourth-order valence-corrected chi connectivity index (χ4v) is 2.51. The Morgan fingerprint density at radius 3 is 2.27 bits per heavy atom. The fourth-order valence-electron chi connectivity index (χ4n) is 2.24. The van der Waals surface area contributed by atoms with Gasteiger partial charge >= 0.3 is 0 Å². The molecule has 1 amide bonds. The lowest BCUT2D eigenvalue weighted by atomic mass is 9.95. The van der Waals surface area contributed by atoms with E-state index in [0.29, 0.717) is 5.56 Å². The Morgan fingerprint density at radius 2 is 1.68 bits per heavy atom. The van der Waals surface area contributed by atoms with Crippen molar-refractivity contribution in [2.24, 2.45) is 0 Å². The zero-order valence-corrected chi connectivity index (χ0v) is 13.2. The summed E-state index contributed by atoms with van der Waals surface area (Å²) in [6.07, 6.45) is -6.11. The van der Waals surface area contributed by atoms with E-state index < -0.39 is 37.1 Å². The summed E-state index contributed by atoms with van der Waals surface area (Å²) in [5.41, 5.74) is 0.438. The predicted octanol–water partition coefficient (Wildman–Crippen LogP) is -0.979. The van der Waals surface area contributed by atoms with Gasteiger partial charge < -0.3 is 30.5 Å². The summed E-state index contributed by atoms with van der Waals surface area (Å²) in [5, 5.41) is 40.9. The Kier molecular flexibility index (Phi) is 5.90. The minimum Gasteiger partial charge on any atom is -0.394 e. The molecule has 1 aliphatic rings. The van der Waals surface area contributed by atoms with Crippen LogP contribution in [0.1, 0.15) is 10.4 Å². The number of rotatable bonds is 4. The molecule has 0 bridgehead atoms. The molecule has 122 valence electrons. The first-order chi connectivity index (χ1) is 10.4. The highest BCUT2D eigenvalue weighted by Gasteiger charge is 2.43. The van der Waals surface area contributed by atoms with E-state index in [4.69, 9.17) is 9.84 Å². The quantitative estimate of drug-likeness (QED) is 0.461. The van der Waals surface area contributed by atoms with E-state index in [0.717, 1.165) is 4.47 Å². The summed E-state index contributed by atoms with van der Waals surface area (Å²) in [5.74, 6) is -0.357. The third-order valence-corrected chi connectivity index (χ3v) is 4.09. The molecule has 22 heavy (non-hydrogen) atoms. The number of carbonyl (C=O) groups is 1. The van der Waals surface area contributed by atoms with Gasteiger partial charge in [-0.2, -0.15) is 0 Å². The van der Waals surface area contributed by atoms with Crippen LogP contribution in [-0.2, 0) is 4.74 Å². The molecule has 0 spiro atoms. The molecule has 1 aromatic rings. The van der Waals surface area contributed by atoms with Crippen LogP contribution in [0.3, 0.4) is 0 Å². The van der Waals surface area contributed by atoms with E-state index in [1.165, 1.54) is 0 Å². The number of amides is 1. The predicted molar refractivity (Wildman–Crippen MR) is 80.2 cm³/mol. The normalized spacial score (nSPS) is 31.8. The molecule has 1 aromatic carbocycles. The highest BCUT2D eigenvalue weighted by molar-refractivity contribution is 9.10. The van der Waals surface area contributed by atoms with Crippen molar-refractivity contribution < 1.29 is 30.0 Å². The number of benzene rings is 1. The molecular formula is C14H18BrNO6. The van der Waals surface area contributed by atoms with Crippen molar-refractivity contribution in [1.29, 1.82) is 0 Å². The third kappa shape index (κ3) is 3.83. The van der Waals surface area contributed by atoms with Gasteiger partial charge in [-0.25, -0.2) is 0 Å². The minimum atomic E-state index is -1.44. The van der Waals surface area contributed by atoms with Crippen LogP contribution in [0.4, 0.5) is 0 Å². The molecular weight excluding hydrogens is 358 g/mol. The molecule has 0 aromatic heterocycles. The first-order valence-corrected chi connectivity index (χ1v) is 7.57. The molecule has 0 saturated carbocycles. The summed E-state index contributed by atoms with van der Waals surface area (Å²) in [4.78, 5) is 12.0. The van der Waals surface area contributed by atoms with E-state index in [1.807, 2.05) is 0 Å². The zero-order valence-electron chi connectivity index (χ0n) is 11.6. The lowest BCUT2D eigenvalue weighted by molar-refractivity contribution is -0.227. The third-order valence-electron chi connectivity index (χ3n) is 3.56. The van der Waals surface area contributed by atoms with E-state index in [2.05, 4.69) is 21.2 Å². The second-order valence-electron chi connectivity index (χ2n) is 5.08. The first-order valence-electron chi connectivity index (χ1n) is 6.78. The topological polar surface area (TPSA) is 119 Å². The van der Waals surface area contributed by atoms with Crippen molar-refractivity contribution in [2.45, 2.75) is 30.5 Å². The number of hydrogen-bond donors (Lipinski definition) is 5. The monoisotopic (exact) mass is 375 g/mol. The van der Waals surface area contributed by atoms with Gasteiger partial charge in [0, 0.05) is 16.6 Å². The van der Waals surface area contributed by atoms with Gasteiger partial charge in [0.15, 0.2) is 0 Å². The molecule has 1 heterocycles. The molecule has 7 nitrogen and oxygen atoms in total. The van der Waals surface area contributed by atoms with Crippen LogP contribution in [0.5, 0.6) is 0 Å². The summed E-state index contributed by atoms with van der Waals surface area (Å²) < 4.78 is 6.15. The minimum absolute atomic E-state index is 0.0592. The summed E-state index contributed by atoms with van der Waals surface area (Å²) >= 11 is 3.27. The Hall–Kier alpha value is -1.03. The van der Waals surface area contributed by atoms with Crippen LogP contribution in [-0.4, -0.2) is 70.0 Å². The molecule has 0 radical (unpaired) electrons. The van der Waals surface area contributed by atoms with Gasteiger partial charge in [-0.15, -0.1) is 0 Å². The van der Waals surface area contributed by atoms with Gasteiger partial charge in [0.1, 0.15) is 30.5 Å². The average Bonchev–Trinajstić information content (AvgIpc) is 2.52. The number of carbonyl (C=O) groups excluding carboxylic acids is 1. The van der Waals surface area contributed by atoms with Crippen molar-refractivity contribution in [3.05, 3.63) is 34.3 Å². The standard InChI is InChI=1S/C14H18BrNO6/c15-8-3-1-7(2-4-8)14(21)16-5-9-11(18)13(20)12(19)10(6-17)22-9/h1-4,9-13,17-20H,5-6H2,(H,16,21)/t9-,10-,11-,12-,13-/m1/s1.